The molecule has 2 nitrogen and oxygen atoms in total. The molecular weight excluding hydrogens is 263 g/mol. The summed E-state index contributed by atoms with van der Waals surface area (Å²) in [6.45, 7) is 8.55. The molecule has 66 valence electrons. The van der Waals surface area contributed by atoms with E-state index >= 15 is 0 Å². The van der Waals surface area contributed by atoms with Gasteiger partial charge in [0.2, 0.25) is 0 Å². The molecule has 0 aromatic carbocycles. The molecule has 1 aromatic rings. The lowest BCUT2D eigenvalue weighted by atomic mass is 9.88. The van der Waals surface area contributed by atoms with Gasteiger partial charge in [-0.3, -0.25) is 0 Å². The van der Waals surface area contributed by atoms with Crippen LogP contribution in [0, 0.1) is 10.5 Å². The van der Waals surface area contributed by atoms with Crippen LogP contribution < -0.4 is 0 Å². The summed E-state index contributed by atoms with van der Waals surface area (Å²) < 4.78 is 1.23. The van der Waals surface area contributed by atoms with Gasteiger partial charge in [-0.05, 0) is 40.5 Å². The number of hydrogen-bond donors (Lipinski definition) is 0. The van der Waals surface area contributed by atoms with Gasteiger partial charge in [-0.15, -0.1) is 0 Å². The van der Waals surface area contributed by atoms with Crippen LogP contribution in [-0.4, -0.2) is 10.2 Å². The fraction of sp³-hybridized carbons (Fsp3) is 0.556. The van der Waals surface area contributed by atoms with Gasteiger partial charge in [-0.1, -0.05) is 20.8 Å². The number of aromatic nitrogens is 2. The zero-order valence-electron chi connectivity index (χ0n) is 7.85. The molecule has 0 amide bonds. The van der Waals surface area contributed by atoms with Crippen LogP contribution >= 0.6 is 22.6 Å². The predicted molar refractivity (Wildman–Crippen MR) is 58.2 cm³/mol. The Morgan fingerprint density at radius 1 is 1.33 bits per heavy atom. The average Bonchev–Trinajstić information content (AvgIpc) is 1.92. The van der Waals surface area contributed by atoms with Gasteiger partial charge in [-0.25, -0.2) is 0 Å². The van der Waals surface area contributed by atoms with Crippen molar-refractivity contribution in [3.05, 3.63) is 21.0 Å². The zero-order valence-corrected chi connectivity index (χ0v) is 10.0. The SMILES string of the molecule is Cc1nncc(C(C)(C)C)c1I. The molecule has 0 aliphatic carbocycles. The first-order valence-electron chi connectivity index (χ1n) is 3.91. The number of hydrogen-bond acceptors (Lipinski definition) is 2. The molecule has 0 bridgehead atoms. The third-order valence-corrected chi connectivity index (χ3v) is 3.12. The van der Waals surface area contributed by atoms with Crippen molar-refractivity contribution >= 4 is 22.6 Å². The maximum absolute atomic E-state index is 4.00. The third kappa shape index (κ3) is 1.94. The summed E-state index contributed by atoms with van der Waals surface area (Å²) in [4.78, 5) is 0. The van der Waals surface area contributed by atoms with Crippen molar-refractivity contribution in [2.24, 2.45) is 0 Å². The van der Waals surface area contributed by atoms with Gasteiger partial charge in [0.25, 0.3) is 0 Å². The summed E-state index contributed by atoms with van der Waals surface area (Å²) in [6, 6.07) is 0. The molecule has 0 unspecified atom stereocenters. The maximum atomic E-state index is 4.00. The van der Waals surface area contributed by atoms with Crippen molar-refractivity contribution in [1.82, 2.24) is 10.2 Å². The first-order chi connectivity index (χ1) is 5.43. The summed E-state index contributed by atoms with van der Waals surface area (Å²) >= 11 is 2.33. The monoisotopic (exact) mass is 276 g/mol. The number of aryl methyl sites for hydroxylation is 1. The Bertz CT molecular complexity index is 289. The lowest BCUT2D eigenvalue weighted by molar-refractivity contribution is 0.579. The Hall–Kier alpha value is -0.190. The zero-order chi connectivity index (χ0) is 9.35. The van der Waals surface area contributed by atoms with Crippen molar-refractivity contribution in [2.75, 3.05) is 0 Å². The lowest BCUT2D eigenvalue weighted by Gasteiger charge is -2.20. The highest BCUT2D eigenvalue weighted by molar-refractivity contribution is 14.1. The Morgan fingerprint density at radius 2 is 1.92 bits per heavy atom. The van der Waals surface area contributed by atoms with E-state index in [0.717, 1.165) is 5.69 Å². The second-order valence-corrected chi connectivity index (χ2v) is 4.99. The maximum Gasteiger partial charge on any atom is 0.0736 e. The Balaban J connectivity index is 3.26. The molecular formula is C9H13IN2. The van der Waals surface area contributed by atoms with Crippen LogP contribution in [0.3, 0.4) is 0 Å². The van der Waals surface area contributed by atoms with Crippen LogP contribution in [0.25, 0.3) is 0 Å². The molecule has 1 heterocycles. The Kier molecular flexibility index (Phi) is 2.70. The van der Waals surface area contributed by atoms with Gasteiger partial charge in [0, 0.05) is 3.57 Å². The van der Waals surface area contributed by atoms with Crippen LogP contribution in [0.1, 0.15) is 32.0 Å². The Morgan fingerprint density at radius 3 is 2.33 bits per heavy atom. The third-order valence-electron chi connectivity index (χ3n) is 1.76. The van der Waals surface area contributed by atoms with E-state index in [9.17, 15) is 0 Å². The van der Waals surface area contributed by atoms with Gasteiger partial charge in [-0.2, -0.15) is 10.2 Å². The van der Waals surface area contributed by atoms with Gasteiger partial charge in [0.15, 0.2) is 0 Å². The standard InChI is InChI=1S/C9H13IN2/c1-6-8(10)7(5-11-12-6)9(2,3)4/h5H,1-4H3. The largest absolute Gasteiger partial charge is 0.159 e. The van der Waals surface area contributed by atoms with Crippen LogP contribution in [-0.2, 0) is 5.41 Å². The molecule has 12 heavy (non-hydrogen) atoms. The predicted octanol–water partition coefficient (Wildman–Crippen LogP) is 2.69. The topological polar surface area (TPSA) is 25.8 Å². The Labute approximate surface area is 86.9 Å². The molecule has 3 heteroatoms. The minimum atomic E-state index is 0.164. The highest BCUT2D eigenvalue weighted by Crippen LogP contribution is 2.26. The molecule has 0 aliphatic heterocycles. The summed E-state index contributed by atoms with van der Waals surface area (Å²) in [5, 5.41) is 7.95. The fourth-order valence-corrected chi connectivity index (χ4v) is 2.05. The van der Waals surface area contributed by atoms with Gasteiger partial charge in [0.05, 0.1) is 11.9 Å². The molecule has 0 fully saturated rings. The fourth-order valence-electron chi connectivity index (χ4n) is 0.992. The van der Waals surface area contributed by atoms with Crippen molar-refractivity contribution in [3.8, 4) is 0 Å². The molecule has 0 saturated heterocycles. The van der Waals surface area contributed by atoms with Gasteiger partial charge >= 0.3 is 0 Å². The highest BCUT2D eigenvalue weighted by atomic mass is 127. The molecule has 0 N–H and O–H groups in total. The molecule has 0 spiro atoms. The average molecular weight is 276 g/mol. The van der Waals surface area contributed by atoms with E-state index in [1.807, 2.05) is 13.1 Å². The van der Waals surface area contributed by atoms with E-state index in [1.54, 1.807) is 0 Å². The summed E-state index contributed by atoms with van der Waals surface area (Å²) in [7, 11) is 0. The van der Waals surface area contributed by atoms with E-state index in [1.165, 1.54) is 9.13 Å². The molecule has 1 aromatic heterocycles. The van der Waals surface area contributed by atoms with Crippen molar-refractivity contribution in [1.29, 1.82) is 0 Å². The van der Waals surface area contributed by atoms with E-state index in [4.69, 9.17) is 0 Å². The molecule has 0 atom stereocenters. The number of rotatable bonds is 0. The van der Waals surface area contributed by atoms with E-state index in [-0.39, 0.29) is 5.41 Å². The van der Waals surface area contributed by atoms with E-state index < -0.39 is 0 Å². The minimum Gasteiger partial charge on any atom is -0.159 e. The van der Waals surface area contributed by atoms with Crippen LogP contribution in [0.2, 0.25) is 0 Å². The first-order valence-corrected chi connectivity index (χ1v) is 4.99. The normalized spacial score (nSPS) is 11.8. The number of nitrogens with zero attached hydrogens (tertiary/aromatic N) is 2. The quantitative estimate of drug-likeness (QED) is 0.681. The number of halogens is 1. The second-order valence-electron chi connectivity index (χ2n) is 3.91. The molecule has 0 saturated carbocycles. The van der Waals surface area contributed by atoms with Crippen molar-refractivity contribution < 1.29 is 0 Å². The van der Waals surface area contributed by atoms with Crippen LogP contribution in [0.4, 0.5) is 0 Å². The summed E-state index contributed by atoms with van der Waals surface area (Å²) in [6.07, 6.45) is 1.86. The van der Waals surface area contributed by atoms with Crippen LogP contribution in [0.5, 0.6) is 0 Å². The highest BCUT2D eigenvalue weighted by Gasteiger charge is 2.18. The second kappa shape index (κ2) is 3.28. The lowest BCUT2D eigenvalue weighted by Crippen LogP contribution is -2.15. The summed E-state index contributed by atoms with van der Waals surface area (Å²) in [5.41, 5.74) is 2.45. The molecule has 1 rings (SSSR count). The van der Waals surface area contributed by atoms with Crippen LogP contribution in [0.15, 0.2) is 6.20 Å². The van der Waals surface area contributed by atoms with Gasteiger partial charge < -0.3 is 0 Å². The van der Waals surface area contributed by atoms with Crippen molar-refractivity contribution in [3.63, 3.8) is 0 Å². The first kappa shape index (κ1) is 9.89. The van der Waals surface area contributed by atoms with Gasteiger partial charge in [0.1, 0.15) is 0 Å². The van der Waals surface area contributed by atoms with E-state index in [0.29, 0.717) is 0 Å². The molecule has 0 radical (unpaired) electrons. The summed E-state index contributed by atoms with van der Waals surface area (Å²) in [5.74, 6) is 0. The smallest absolute Gasteiger partial charge is 0.0736 e. The van der Waals surface area contributed by atoms with E-state index in [2.05, 4.69) is 53.6 Å². The molecule has 0 aliphatic rings. The minimum absolute atomic E-state index is 0.164. The van der Waals surface area contributed by atoms with Crippen molar-refractivity contribution in [2.45, 2.75) is 33.1 Å².